The minimum Gasteiger partial charge on any atom is -0.296 e. The van der Waals surface area contributed by atoms with Gasteiger partial charge < -0.3 is 0 Å². The van der Waals surface area contributed by atoms with Crippen molar-refractivity contribution in [3.05, 3.63) is 53.6 Å². The Labute approximate surface area is 115 Å². The largest absolute Gasteiger partial charge is 0.296 e. The molecule has 0 spiro atoms. The minimum absolute atomic E-state index is 1.08. The first-order valence-corrected chi connectivity index (χ1v) is 7.00. The first kappa shape index (κ1) is 10.4. The van der Waals surface area contributed by atoms with Gasteiger partial charge >= 0.3 is 0 Å². The van der Waals surface area contributed by atoms with Gasteiger partial charge in [-0.2, -0.15) is 0 Å². The molecular formula is C17H13N3. The van der Waals surface area contributed by atoms with Crippen LogP contribution in [0.3, 0.4) is 0 Å². The average molecular weight is 259 g/mol. The van der Waals surface area contributed by atoms with E-state index in [1.165, 1.54) is 32.9 Å². The standard InChI is InChI=1S/C17H13N3/c1-10-15-6-5-11-3-2-4-12-14-9-18-8-7-13(14)17(19-10)20(15)16(11)12/h2-4,7-9H,5-6H2,1H3. The van der Waals surface area contributed by atoms with Crippen LogP contribution in [-0.4, -0.2) is 14.4 Å². The van der Waals surface area contributed by atoms with Crippen LogP contribution in [0, 0.1) is 6.92 Å². The molecule has 0 fully saturated rings. The Bertz CT molecular complexity index is 1010. The molecule has 4 aromatic rings. The maximum absolute atomic E-state index is 4.83. The van der Waals surface area contributed by atoms with Crippen LogP contribution in [0.1, 0.15) is 17.0 Å². The van der Waals surface area contributed by atoms with Gasteiger partial charge in [-0.3, -0.25) is 9.38 Å². The van der Waals surface area contributed by atoms with Gasteiger partial charge in [0.15, 0.2) is 0 Å². The average Bonchev–Trinajstić information content (AvgIpc) is 2.84. The van der Waals surface area contributed by atoms with Gasteiger partial charge in [-0.1, -0.05) is 18.2 Å². The molecule has 0 aliphatic carbocycles. The van der Waals surface area contributed by atoms with Crippen molar-refractivity contribution in [3.63, 3.8) is 0 Å². The van der Waals surface area contributed by atoms with E-state index in [0.717, 1.165) is 24.2 Å². The topological polar surface area (TPSA) is 30.2 Å². The van der Waals surface area contributed by atoms with Crippen molar-refractivity contribution in [2.75, 3.05) is 0 Å². The molecule has 0 atom stereocenters. The third-order valence-electron chi connectivity index (χ3n) is 4.50. The molecule has 1 aromatic carbocycles. The molecule has 3 aromatic heterocycles. The number of rotatable bonds is 0. The van der Waals surface area contributed by atoms with Gasteiger partial charge in [0.1, 0.15) is 5.65 Å². The fourth-order valence-corrected chi connectivity index (χ4v) is 3.61. The van der Waals surface area contributed by atoms with E-state index in [1.54, 1.807) is 0 Å². The summed E-state index contributed by atoms with van der Waals surface area (Å²) < 4.78 is 2.37. The zero-order valence-corrected chi connectivity index (χ0v) is 11.2. The number of hydrogen-bond acceptors (Lipinski definition) is 2. The lowest BCUT2D eigenvalue weighted by molar-refractivity contribution is 0.866. The summed E-state index contributed by atoms with van der Waals surface area (Å²) in [6.07, 6.45) is 6.00. The first-order chi connectivity index (χ1) is 9.84. The minimum atomic E-state index is 1.08. The summed E-state index contributed by atoms with van der Waals surface area (Å²) in [5, 5.41) is 3.69. The van der Waals surface area contributed by atoms with Crippen molar-refractivity contribution in [2.24, 2.45) is 0 Å². The highest BCUT2D eigenvalue weighted by atomic mass is 15.0. The normalized spacial score (nSPS) is 13.8. The van der Waals surface area contributed by atoms with Crippen molar-refractivity contribution >= 4 is 27.3 Å². The summed E-state index contributed by atoms with van der Waals surface area (Å²) in [6, 6.07) is 8.67. The molecule has 1 aliphatic heterocycles. The third-order valence-corrected chi connectivity index (χ3v) is 4.50. The smallest absolute Gasteiger partial charge is 0.145 e. The molecule has 4 heterocycles. The molecule has 96 valence electrons. The predicted octanol–water partition coefficient (Wildman–Crippen LogP) is 3.44. The zero-order valence-electron chi connectivity index (χ0n) is 11.2. The van der Waals surface area contributed by atoms with Crippen LogP contribution in [0.25, 0.3) is 27.3 Å². The van der Waals surface area contributed by atoms with E-state index in [1.807, 2.05) is 12.4 Å². The lowest BCUT2D eigenvalue weighted by Crippen LogP contribution is -2.07. The van der Waals surface area contributed by atoms with Crippen molar-refractivity contribution < 1.29 is 0 Å². The molecule has 5 rings (SSSR count). The summed E-state index contributed by atoms with van der Waals surface area (Å²) in [5.41, 5.74) is 6.34. The molecule has 0 N–H and O–H groups in total. The maximum Gasteiger partial charge on any atom is 0.145 e. The molecule has 0 bridgehead atoms. The summed E-state index contributed by atoms with van der Waals surface area (Å²) in [5.74, 6) is 0. The van der Waals surface area contributed by atoms with Crippen LogP contribution in [0.2, 0.25) is 0 Å². The summed E-state index contributed by atoms with van der Waals surface area (Å²) in [7, 11) is 0. The second-order valence-electron chi connectivity index (χ2n) is 5.54. The van der Waals surface area contributed by atoms with E-state index >= 15 is 0 Å². The SMILES string of the molecule is Cc1nc2c3ccncc3c3cccc4c3n2c1CC4. The highest BCUT2D eigenvalue weighted by Crippen LogP contribution is 2.35. The lowest BCUT2D eigenvalue weighted by Gasteiger charge is -2.18. The Balaban J connectivity index is 2.26. The molecule has 3 nitrogen and oxygen atoms in total. The van der Waals surface area contributed by atoms with E-state index in [-0.39, 0.29) is 0 Å². The van der Waals surface area contributed by atoms with E-state index in [0.29, 0.717) is 0 Å². The van der Waals surface area contributed by atoms with Crippen molar-refractivity contribution in [2.45, 2.75) is 19.8 Å². The molecule has 0 radical (unpaired) electrons. The second-order valence-corrected chi connectivity index (χ2v) is 5.54. The van der Waals surface area contributed by atoms with E-state index in [9.17, 15) is 0 Å². The Morgan fingerprint density at radius 1 is 1.05 bits per heavy atom. The molecular weight excluding hydrogens is 246 g/mol. The summed E-state index contributed by atoms with van der Waals surface area (Å²) >= 11 is 0. The van der Waals surface area contributed by atoms with Crippen LogP contribution in [-0.2, 0) is 12.8 Å². The summed E-state index contributed by atoms with van der Waals surface area (Å²) in [4.78, 5) is 9.14. The zero-order chi connectivity index (χ0) is 13.3. The van der Waals surface area contributed by atoms with Gasteiger partial charge in [-0.25, -0.2) is 4.98 Å². The Morgan fingerprint density at radius 2 is 2.00 bits per heavy atom. The highest BCUT2D eigenvalue weighted by molar-refractivity contribution is 6.12. The Hall–Kier alpha value is -2.42. The van der Waals surface area contributed by atoms with Gasteiger partial charge in [0.2, 0.25) is 0 Å². The van der Waals surface area contributed by atoms with Crippen LogP contribution >= 0.6 is 0 Å². The molecule has 0 saturated carbocycles. The number of aryl methyl sites for hydroxylation is 3. The number of hydrogen-bond donors (Lipinski definition) is 0. The van der Waals surface area contributed by atoms with Crippen LogP contribution in [0.15, 0.2) is 36.7 Å². The molecule has 20 heavy (non-hydrogen) atoms. The monoisotopic (exact) mass is 259 g/mol. The number of fused-ring (bicyclic) bond motifs is 3. The van der Waals surface area contributed by atoms with E-state index < -0.39 is 0 Å². The van der Waals surface area contributed by atoms with Crippen molar-refractivity contribution in [1.82, 2.24) is 14.4 Å². The number of benzene rings is 1. The first-order valence-electron chi connectivity index (χ1n) is 7.00. The van der Waals surface area contributed by atoms with Gasteiger partial charge in [0.05, 0.1) is 11.2 Å². The molecule has 0 unspecified atom stereocenters. The van der Waals surface area contributed by atoms with Crippen molar-refractivity contribution in [1.29, 1.82) is 0 Å². The van der Waals surface area contributed by atoms with Crippen LogP contribution in [0.5, 0.6) is 0 Å². The second kappa shape index (κ2) is 3.37. The lowest BCUT2D eigenvalue weighted by atomic mass is 9.97. The Morgan fingerprint density at radius 3 is 2.95 bits per heavy atom. The summed E-state index contributed by atoms with van der Waals surface area (Å²) in [6.45, 7) is 2.12. The quantitative estimate of drug-likeness (QED) is 0.453. The predicted molar refractivity (Wildman–Crippen MR) is 80.1 cm³/mol. The number of imidazole rings is 1. The van der Waals surface area contributed by atoms with Crippen molar-refractivity contribution in [3.8, 4) is 0 Å². The molecule has 3 heteroatoms. The van der Waals surface area contributed by atoms with Gasteiger partial charge in [-0.15, -0.1) is 0 Å². The maximum atomic E-state index is 4.83. The highest BCUT2D eigenvalue weighted by Gasteiger charge is 2.21. The van der Waals surface area contributed by atoms with Gasteiger partial charge in [-0.05, 0) is 31.4 Å². The number of para-hydroxylation sites is 1. The van der Waals surface area contributed by atoms with Gasteiger partial charge in [0, 0.05) is 34.2 Å². The van der Waals surface area contributed by atoms with E-state index in [2.05, 4.69) is 40.6 Å². The van der Waals surface area contributed by atoms with Crippen LogP contribution in [0.4, 0.5) is 0 Å². The van der Waals surface area contributed by atoms with Crippen LogP contribution < -0.4 is 0 Å². The fourth-order valence-electron chi connectivity index (χ4n) is 3.61. The number of nitrogens with zero attached hydrogens (tertiary/aromatic N) is 3. The third kappa shape index (κ3) is 1.07. The molecule has 0 amide bonds. The molecule has 0 saturated heterocycles. The number of pyridine rings is 2. The Kier molecular flexibility index (Phi) is 1.75. The fraction of sp³-hybridized carbons (Fsp3) is 0.176. The van der Waals surface area contributed by atoms with E-state index in [4.69, 9.17) is 4.98 Å². The number of aromatic nitrogens is 3. The molecule has 1 aliphatic rings. The van der Waals surface area contributed by atoms with Gasteiger partial charge in [0.25, 0.3) is 0 Å².